The van der Waals surface area contributed by atoms with Crippen molar-refractivity contribution in [3.05, 3.63) is 46.7 Å². The van der Waals surface area contributed by atoms with Crippen molar-refractivity contribution in [2.75, 3.05) is 11.9 Å². The molecule has 5 nitrogen and oxygen atoms in total. The van der Waals surface area contributed by atoms with Gasteiger partial charge >= 0.3 is 0 Å². The van der Waals surface area contributed by atoms with E-state index in [2.05, 4.69) is 43.8 Å². The number of amides is 1. The molecule has 2 aromatic rings. The maximum atomic E-state index is 12.2. The molecular weight excluding hydrogens is 356 g/mol. The van der Waals surface area contributed by atoms with E-state index >= 15 is 0 Å². The van der Waals surface area contributed by atoms with Gasteiger partial charge in [-0.15, -0.1) is 0 Å². The van der Waals surface area contributed by atoms with Crippen molar-refractivity contribution in [1.29, 1.82) is 0 Å². The number of halogens is 1. The highest BCUT2D eigenvalue weighted by molar-refractivity contribution is 9.10. The van der Waals surface area contributed by atoms with E-state index < -0.39 is 0 Å². The predicted octanol–water partition coefficient (Wildman–Crippen LogP) is 2.97. The van der Waals surface area contributed by atoms with Crippen molar-refractivity contribution in [2.24, 2.45) is 0 Å². The van der Waals surface area contributed by atoms with Crippen LogP contribution in [0.15, 0.2) is 41.1 Å². The van der Waals surface area contributed by atoms with E-state index in [1.54, 1.807) is 6.20 Å². The normalized spacial score (nSPS) is 17.9. The van der Waals surface area contributed by atoms with Gasteiger partial charge in [0, 0.05) is 18.4 Å². The van der Waals surface area contributed by atoms with E-state index in [9.17, 15) is 4.79 Å². The van der Waals surface area contributed by atoms with Crippen molar-refractivity contribution in [1.82, 2.24) is 15.1 Å². The number of benzene rings is 1. The second-order valence-corrected chi connectivity index (χ2v) is 6.78. The summed E-state index contributed by atoms with van der Waals surface area (Å²) in [5.41, 5.74) is 2.08. The van der Waals surface area contributed by atoms with Crippen LogP contribution in [0.3, 0.4) is 0 Å². The number of rotatable bonds is 5. The van der Waals surface area contributed by atoms with Crippen LogP contribution in [-0.2, 0) is 17.8 Å². The van der Waals surface area contributed by atoms with Crippen LogP contribution < -0.4 is 10.6 Å². The van der Waals surface area contributed by atoms with Gasteiger partial charge in [-0.05, 0) is 59.4 Å². The van der Waals surface area contributed by atoms with Gasteiger partial charge in [-0.1, -0.05) is 18.6 Å². The molecular formula is C17H21BrN4O. The Balaban J connectivity index is 1.51. The van der Waals surface area contributed by atoms with Gasteiger partial charge in [0.1, 0.15) is 0 Å². The zero-order chi connectivity index (χ0) is 16.1. The van der Waals surface area contributed by atoms with Gasteiger partial charge in [0.15, 0.2) is 0 Å². The van der Waals surface area contributed by atoms with Crippen LogP contribution in [0.2, 0.25) is 0 Å². The van der Waals surface area contributed by atoms with Crippen LogP contribution in [0.25, 0.3) is 0 Å². The Labute approximate surface area is 144 Å². The van der Waals surface area contributed by atoms with Gasteiger partial charge < -0.3 is 10.6 Å². The summed E-state index contributed by atoms with van der Waals surface area (Å²) in [7, 11) is 0. The Hall–Kier alpha value is -1.66. The van der Waals surface area contributed by atoms with Gasteiger partial charge in [-0.3, -0.25) is 9.48 Å². The molecule has 1 saturated heterocycles. The van der Waals surface area contributed by atoms with Gasteiger partial charge in [-0.25, -0.2) is 0 Å². The predicted molar refractivity (Wildman–Crippen MR) is 94.3 cm³/mol. The van der Waals surface area contributed by atoms with Crippen LogP contribution in [0.5, 0.6) is 0 Å². The summed E-state index contributed by atoms with van der Waals surface area (Å²) < 4.78 is 2.90. The zero-order valence-electron chi connectivity index (χ0n) is 13.0. The lowest BCUT2D eigenvalue weighted by Gasteiger charge is -2.22. The number of nitrogens with zero attached hydrogens (tertiary/aromatic N) is 2. The lowest BCUT2D eigenvalue weighted by Crippen LogP contribution is -2.43. The first kappa shape index (κ1) is 16.2. The molecule has 0 spiro atoms. The molecule has 1 aliphatic heterocycles. The Morgan fingerprint density at radius 2 is 2.17 bits per heavy atom. The first-order valence-electron chi connectivity index (χ1n) is 8.02. The molecule has 6 heteroatoms. The second-order valence-electron chi connectivity index (χ2n) is 5.86. The third kappa shape index (κ3) is 4.65. The fourth-order valence-electron chi connectivity index (χ4n) is 2.76. The number of nitrogens with one attached hydrogen (secondary N) is 2. The maximum Gasteiger partial charge on any atom is 0.241 e. The van der Waals surface area contributed by atoms with E-state index in [1.807, 2.05) is 23.0 Å². The number of piperidine rings is 1. The van der Waals surface area contributed by atoms with Crippen molar-refractivity contribution >= 4 is 27.5 Å². The summed E-state index contributed by atoms with van der Waals surface area (Å²) in [5, 5.41) is 10.5. The van der Waals surface area contributed by atoms with E-state index in [-0.39, 0.29) is 11.9 Å². The molecule has 0 radical (unpaired) electrons. The molecule has 1 aromatic heterocycles. The third-order valence-corrected chi connectivity index (χ3v) is 4.49. The molecule has 23 heavy (non-hydrogen) atoms. The van der Waals surface area contributed by atoms with E-state index in [0.29, 0.717) is 0 Å². The summed E-state index contributed by atoms with van der Waals surface area (Å²) in [6, 6.07) is 8.00. The number of carbonyl (C=O) groups is 1. The summed E-state index contributed by atoms with van der Waals surface area (Å²) >= 11 is 3.39. The molecule has 122 valence electrons. The molecule has 1 aliphatic rings. The van der Waals surface area contributed by atoms with Gasteiger partial charge in [0.2, 0.25) is 5.91 Å². The Morgan fingerprint density at radius 1 is 1.35 bits per heavy atom. The number of aromatic nitrogens is 2. The topological polar surface area (TPSA) is 59.0 Å². The highest BCUT2D eigenvalue weighted by Crippen LogP contribution is 2.14. The zero-order valence-corrected chi connectivity index (χ0v) is 14.6. The average Bonchev–Trinajstić information content (AvgIpc) is 3.00. The van der Waals surface area contributed by atoms with Crippen molar-refractivity contribution in [3.63, 3.8) is 0 Å². The summed E-state index contributed by atoms with van der Waals surface area (Å²) in [6.45, 7) is 1.77. The standard InChI is InChI=1S/C17H21BrN4O/c18-14-11-20-22(12-14)10-8-13-4-6-15(7-5-13)21-17(23)16-3-1-2-9-19-16/h4-7,11-12,16,19H,1-3,8-10H2,(H,21,23). The lowest BCUT2D eigenvalue weighted by atomic mass is 10.0. The number of aryl methyl sites for hydroxylation is 2. The average molecular weight is 377 g/mol. The fourth-order valence-corrected chi connectivity index (χ4v) is 3.09. The van der Waals surface area contributed by atoms with Gasteiger partial charge in [0.05, 0.1) is 16.7 Å². The monoisotopic (exact) mass is 376 g/mol. The first-order valence-corrected chi connectivity index (χ1v) is 8.81. The van der Waals surface area contributed by atoms with Crippen LogP contribution in [-0.4, -0.2) is 28.3 Å². The molecule has 2 heterocycles. The minimum atomic E-state index is -0.0540. The van der Waals surface area contributed by atoms with Gasteiger partial charge in [-0.2, -0.15) is 5.10 Å². The third-order valence-electron chi connectivity index (χ3n) is 4.08. The minimum Gasteiger partial charge on any atom is -0.325 e. The molecule has 2 N–H and O–H groups in total. The molecule has 3 rings (SSSR count). The lowest BCUT2D eigenvalue weighted by molar-refractivity contribution is -0.118. The number of hydrogen-bond acceptors (Lipinski definition) is 3. The molecule has 1 aromatic carbocycles. The molecule has 1 amide bonds. The molecule has 1 unspecified atom stereocenters. The number of carbonyl (C=O) groups excluding carboxylic acids is 1. The fraction of sp³-hybridized carbons (Fsp3) is 0.412. The molecule has 0 saturated carbocycles. The minimum absolute atomic E-state index is 0.0540. The highest BCUT2D eigenvalue weighted by atomic mass is 79.9. The molecule has 1 fully saturated rings. The largest absolute Gasteiger partial charge is 0.325 e. The van der Waals surface area contributed by atoms with Crippen molar-refractivity contribution in [2.45, 2.75) is 38.3 Å². The maximum absolute atomic E-state index is 12.2. The Bertz CT molecular complexity index is 647. The van der Waals surface area contributed by atoms with Crippen LogP contribution in [0.1, 0.15) is 24.8 Å². The smallest absolute Gasteiger partial charge is 0.241 e. The number of anilines is 1. The molecule has 0 aliphatic carbocycles. The summed E-state index contributed by atoms with van der Waals surface area (Å²) in [5.74, 6) is 0.0684. The Morgan fingerprint density at radius 3 is 2.83 bits per heavy atom. The first-order chi connectivity index (χ1) is 11.2. The van der Waals surface area contributed by atoms with E-state index in [1.165, 1.54) is 5.56 Å². The van der Waals surface area contributed by atoms with Crippen molar-refractivity contribution < 1.29 is 4.79 Å². The highest BCUT2D eigenvalue weighted by Gasteiger charge is 2.20. The SMILES string of the molecule is O=C(Nc1ccc(CCn2cc(Br)cn2)cc1)C1CCCCN1. The Kier molecular flexibility index (Phi) is 5.46. The van der Waals surface area contributed by atoms with Crippen molar-refractivity contribution in [3.8, 4) is 0 Å². The number of hydrogen-bond donors (Lipinski definition) is 2. The quantitative estimate of drug-likeness (QED) is 0.843. The second kappa shape index (κ2) is 7.75. The van der Waals surface area contributed by atoms with Crippen LogP contribution in [0, 0.1) is 0 Å². The van der Waals surface area contributed by atoms with Crippen LogP contribution in [0.4, 0.5) is 5.69 Å². The molecule has 1 atom stereocenters. The van der Waals surface area contributed by atoms with Gasteiger partial charge in [0.25, 0.3) is 0 Å². The van der Waals surface area contributed by atoms with E-state index in [0.717, 1.165) is 48.9 Å². The molecule has 0 bridgehead atoms. The van der Waals surface area contributed by atoms with Crippen LogP contribution >= 0.6 is 15.9 Å². The summed E-state index contributed by atoms with van der Waals surface area (Å²) in [6.07, 6.45) is 7.86. The summed E-state index contributed by atoms with van der Waals surface area (Å²) in [4.78, 5) is 12.2. The van der Waals surface area contributed by atoms with E-state index in [4.69, 9.17) is 0 Å².